The number of aliphatic hydroxyl groups excluding tert-OH is 2. The molecule has 0 fully saturated rings. The number of unbranched alkanes of at least 4 members (excludes halogenated alkanes) is 51. The summed E-state index contributed by atoms with van der Waals surface area (Å²) >= 11 is 0. The monoisotopic (exact) mass is 1120 g/mol. The fourth-order valence-electron chi connectivity index (χ4n) is 11.4. The van der Waals surface area contributed by atoms with Crippen LogP contribution in [0.4, 0.5) is 0 Å². The number of hydrogen-bond donors (Lipinski definition) is 3. The van der Waals surface area contributed by atoms with E-state index >= 15 is 0 Å². The Morgan fingerprint density at radius 1 is 0.350 bits per heavy atom. The molecule has 0 radical (unpaired) electrons. The van der Waals surface area contributed by atoms with Crippen molar-refractivity contribution in [3.63, 3.8) is 0 Å². The van der Waals surface area contributed by atoms with Crippen LogP contribution >= 0.6 is 0 Å². The summed E-state index contributed by atoms with van der Waals surface area (Å²) in [6.45, 7) is 4.91. The minimum Gasteiger partial charge on any atom is -0.466 e. The first-order valence-corrected chi connectivity index (χ1v) is 36.2. The highest BCUT2D eigenvalue weighted by Gasteiger charge is 2.20. The summed E-state index contributed by atoms with van der Waals surface area (Å²) < 4.78 is 5.48. The van der Waals surface area contributed by atoms with E-state index in [2.05, 4.69) is 55.6 Å². The number of esters is 1. The first kappa shape index (κ1) is 78.1. The number of ether oxygens (including phenoxy) is 1. The van der Waals surface area contributed by atoms with E-state index in [0.29, 0.717) is 25.9 Å². The van der Waals surface area contributed by atoms with E-state index in [-0.39, 0.29) is 18.5 Å². The molecule has 6 heteroatoms. The highest BCUT2D eigenvalue weighted by atomic mass is 16.5. The van der Waals surface area contributed by atoms with E-state index in [1.54, 1.807) is 0 Å². The maximum Gasteiger partial charge on any atom is 0.305 e. The van der Waals surface area contributed by atoms with Gasteiger partial charge in [-0.3, -0.25) is 9.59 Å². The van der Waals surface area contributed by atoms with Crippen molar-refractivity contribution in [2.24, 2.45) is 0 Å². The molecule has 0 aliphatic rings. The van der Waals surface area contributed by atoms with Gasteiger partial charge in [0.15, 0.2) is 0 Å². The maximum atomic E-state index is 12.5. The molecule has 0 heterocycles. The fraction of sp³-hybridized carbons (Fsp3) is 0.892. The zero-order valence-corrected chi connectivity index (χ0v) is 54.1. The van der Waals surface area contributed by atoms with Gasteiger partial charge in [0, 0.05) is 12.8 Å². The second-order valence-corrected chi connectivity index (χ2v) is 24.9. The molecule has 0 spiro atoms. The Morgan fingerprint density at radius 3 is 1.01 bits per heavy atom. The molecule has 0 aromatic heterocycles. The van der Waals surface area contributed by atoms with Gasteiger partial charge in [0.05, 0.1) is 25.4 Å². The summed E-state index contributed by atoms with van der Waals surface area (Å²) in [6, 6.07) is -0.537. The first-order chi connectivity index (χ1) is 39.5. The van der Waals surface area contributed by atoms with Crippen LogP contribution < -0.4 is 5.32 Å². The number of carbonyl (C=O) groups excluding carboxylic acids is 2. The largest absolute Gasteiger partial charge is 0.466 e. The van der Waals surface area contributed by atoms with Crippen LogP contribution in [0.1, 0.15) is 399 Å². The third kappa shape index (κ3) is 65.2. The maximum absolute atomic E-state index is 12.5. The number of allylic oxidation sites excluding steroid dienone is 6. The van der Waals surface area contributed by atoms with Crippen LogP contribution in [-0.2, 0) is 14.3 Å². The lowest BCUT2D eigenvalue weighted by atomic mass is 10.0. The van der Waals surface area contributed by atoms with Crippen molar-refractivity contribution in [2.75, 3.05) is 13.2 Å². The van der Waals surface area contributed by atoms with Gasteiger partial charge < -0.3 is 20.3 Å². The highest BCUT2D eigenvalue weighted by molar-refractivity contribution is 5.76. The van der Waals surface area contributed by atoms with Gasteiger partial charge in [0.25, 0.3) is 0 Å². The topological polar surface area (TPSA) is 95.9 Å². The van der Waals surface area contributed by atoms with Crippen LogP contribution in [0, 0.1) is 0 Å². The highest BCUT2D eigenvalue weighted by Crippen LogP contribution is 2.19. The van der Waals surface area contributed by atoms with Crippen molar-refractivity contribution in [2.45, 2.75) is 411 Å². The average molecular weight is 1120 g/mol. The van der Waals surface area contributed by atoms with Crippen LogP contribution in [0.15, 0.2) is 36.5 Å². The molecule has 0 aliphatic heterocycles. The van der Waals surface area contributed by atoms with E-state index in [1.165, 1.54) is 315 Å². The number of rotatable bonds is 68. The minimum atomic E-state index is -0.660. The Labute approximate surface area is 500 Å². The Balaban J connectivity index is 3.32. The molecule has 2 atom stereocenters. The van der Waals surface area contributed by atoms with Gasteiger partial charge in [-0.2, -0.15) is 0 Å². The molecule has 0 aliphatic carbocycles. The molecular formula is C74H141NO5. The Kier molecular flexibility index (Phi) is 67.9. The van der Waals surface area contributed by atoms with Gasteiger partial charge in [0.2, 0.25) is 5.91 Å². The average Bonchev–Trinajstić information content (AvgIpc) is 3.46. The molecule has 0 bridgehead atoms. The molecule has 0 saturated heterocycles. The van der Waals surface area contributed by atoms with Crippen molar-refractivity contribution in [3.8, 4) is 0 Å². The smallest absolute Gasteiger partial charge is 0.305 e. The minimum absolute atomic E-state index is 0.00623. The fourth-order valence-corrected chi connectivity index (χ4v) is 11.4. The predicted molar refractivity (Wildman–Crippen MR) is 352 cm³/mol. The van der Waals surface area contributed by atoms with Crippen LogP contribution in [0.25, 0.3) is 0 Å². The van der Waals surface area contributed by atoms with Crippen molar-refractivity contribution < 1.29 is 24.5 Å². The third-order valence-corrected chi connectivity index (χ3v) is 16.9. The lowest BCUT2D eigenvalue weighted by molar-refractivity contribution is -0.143. The summed E-state index contributed by atoms with van der Waals surface area (Å²) in [6.07, 6.45) is 89.4. The summed E-state index contributed by atoms with van der Waals surface area (Å²) in [5.74, 6) is -0.0228. The van der Waals surface area contributed by atoms with Gasteiger partial charge in [-0.15, -0.1) is 0 Å². The van der Waals surface area contributed by atoms with Crippen LogP contribution in [-0.4, -0.2) is 47.4 Å². The quantitative estimate of drug-likeness (QED) is 0.0320. The molecule has 6 nitrogen and oxygen atoms in total. The van der Waals surface area contributed by atoms with Crippen molar-refractivity contribution in [1.29, 1.82) is 0 Å². The molecule has 0 saturated carbocycles. The number of hydrogen-bond acceptors (Lipinski definition) is 5. The van der Waals surface area contributed by atoms with Crippen molar-refractivity contribution >= 4 is 11.9 Å². The number of aliphatic hydroxyl groups is 2. The molecule has 472 valence electrons. The van der Waals surface area contributed by atoms with E-state index in [1.807, 2.05) is 0 Å². The molecule has 2 unspecified atom stereocenters. The van der Waals surface area contributed by atoms with Crippen molar-refractivity contribution in [1.82, 2.24) is 5.32 Å². The predicted octanol–water partition coefficient (Wildman–Crippen LogP) is 23.5. The van der Waals surface area contributed by atoms with Crippen LogP contribution in [0.2, 0.25) is 0 Å². The lowest BCUT2D eigenvalue weighted by Crippen LogP contribution is -2.45. The zero-order chi connectivity index (χ0) is 57.8. The molecule has 1 amide bonds. The van der Waals surface area contributed by atoms with E-state index in [4.69, 9.17) is 4.74 Å². The number of carbonyl (C=O) groups is 2. The second-order valence-electron chi connectivity index (χ2n) is 24.9. The van der Waals surface area contributed by atoms with Crippen LogP contribution in [0.5, 0.6) is 0 Å². The SMILES string of the molecule is CCC/C=C\C/C=C\CCCCCCCC(=O)OCCCCCCCCCCCCCCCCCC/C=C\CCCCCCCCCCCCCCCCCCCC(=O)NC(CO)C(O)CCCCCCCCCCCCCCC. The van der Waals surface area contributed by atoms with Crippen LogP contribution in [0.3, 0.4) is 0 Å². The Bertz CT molecular complexity index is 1300. The Morgan fingerprint density at radius 2 is 0.650 bits per heavy atom. The molecule has 80 heavy (non-hydrogen) atoms. The summed E-state index contributed by atoms with van der Waals surface area (Å²) in [4.78, 5) is 24.5. The molecule has 3 N–H and O–H groups in total. The van der Waals surface area contributed by atoms with Gasteiger partial charge >= 0.3 is 5.97 Å². The van der Waals surface area contributed by atoms with Gasteiger partial charge in [-0.05, 0) is 77.0 Å². The van der Waals surface area contributed by atoms with Gasteiger partial charge in [-0.1, -0.05) is 346 Å². The second kappa shape index (κ2) is 69.6. The molecule has 0 rings (SSSR count). The summed E-state index contributed by atoms with van der Waals surface area (Å²) in [7, 11) is 0. The normalized spacial score (nSPS) is 12.7. The summed E-state index contributed by atoms with van der Waals surface area (Å²) in [5, 5.41) is 23.3. The summed E-state index contributed by atoms with van der Waals surface area (Å²) in [5.41, 5.74) is 0. The van der Waals surface area contributed by atoms with Gasteiger partial charge in [0.1, 0.15) is 0 Å². The molecule has 0 aromatic rings. The Hall–Kier alpha value is -1.92. The number of amides is 1. The third-order valence-electron chi connectivity index (χ3n) is 16.9. The van der Waals surface area contributed by atoms with E-state index in [9.17, 15) is 19.8 Å². The number of nitrogens with one attached hydrogen (secondary N) is 1. The van der Waals surface area contributed by atoms with Crippen molar-refractivity contribution in [3.05, 3.63) is 36.5 Å². The lowest BCUT2D eigenvalue weighted by Gasteiger charge is -2.22. The van der Waals surface area contributed by atoms with E-state index < -0.39 is 12.1 Å². The molecule has 0 aromatic carbocycles. The first-order valence-electron chi connectivity index (χ1n) is 36.2. The standard InChI is InChI=1S/C74H141NO5/c1-3-5-7-9-11-13-15-42-46-50-54-58-62-66-72(77)71(70-76)75-73(78)67-63-59-55-51-47-44-40-38-36-34-32-30-28-26-24-22-20-18-17-19-21-23-25-27-29-31-33-35-37-39-41-45-49-53-57-61-65-69-80-74(79)68-64-60-56-52-48-43-16-14-12-10-8-6-4-2/h8,10,14,16-17,19,71-72,76-77H,3-7,9,11-13,15,18,20-70H2,1-2H3,(H,75,78)/b10-8-,16-14-,19-17-. The zero-order valence-electron chi connectivity index (χ0n) is 54.1. The van der Waals surface area contributed by atoms with E-state index in [0.717, 1.165) is 51.4 Å². The van der Waals surface area contributed by atoms with Gasteiger partial charge in [-0.25, -0.2) is 0 Å². The molecular weight excluding hydrogens is 983 g/mol.